The van der Waals surface area contributed by atoms with Gasteiger partial charge >= 0.3 is 5.97 Å². The van der Waals surface area contributed by atoms with Crippen LogP contribution in [0, 0.1) is 11.3 Å². The molecule has 0 aromatic carbocycles. The van der Waals surface area contributed by atoms with Gasteiger partial charge in [-0.3, -0.25) is 4.79 Å². The lowest BCUT2D eigenvalue weighted by Crippen LogP contribution is -2.36. The van der Waals surface area contributed by atoms with Crippen molar-refractivity contribution in [2.45, 2.75) is 64.1 Å². The Hall–Kier alpha value is -0.570. The summed E-state index contributed by atoms with van der Waals surface area (Å²) in [6, 6.07) is 0. The smallest absolute Gasteiger partial charge is 0.308 e. The van der Waals surface area contributed by atoms with Gasteiger partial charge < -0.3 is 9.47 Å². The van der Waals surface area contributed by atoms with E-state index >= 15 is 0 Å². The molecule has 3 nitrogen and oxygen atoms in total. The van der Waals surface area contributed by atoms with Crippen molar-refractivity contribution in [2.75, 3.05) is 6.61 Å². The van der Waals surface area contributed by atoms with Crippen LogP contribution in [0.15, 0.2) is 0 Å². The molecule has 0 radical (unpaired) electrons. The number of rotatable bonds is 3. The molecular weight excluding hydrogens is 216 g/mol. The van der Waals surface area contributed by atoms with Crippen LogP contribution < -0.4 is 0 Å². The van der Waals surface area contributed by atoms with Crippen molar-refractivity contribution in [1.29, 1.82) is 0 Å². The standard InChI is InChI=1S/C14H22O3/c1-2-16-13(15)9-12-14-7-3-5-10(14)11(17-12)6-4-8-14/h10-12H,2-9H2,1H3/t10-,11-,12?,14+/m0/s1. The molecule has 17 heavy (non-hydrogen) atoms. The van der Waals surface area contributed by atoms with Gasteiger partial charge in [0.25, 0.3) is 0 Å². The highest BCUT2D eigenvalue weighted by molar-refractivity contribution is 5.70. The van der Waals surface area contributed by atoms with Gasteiger partial charge in [0, 0.05) is 5.41 Å². The fourth-order valence-electron chi connectivity index (χ4n) is 4.52. The van der Waals surface area contributed by atoms with Gasteiger partial charge in [-0.15, -0.1) is 0 Å². The number of hydrogen-bond acceptors (Lipinski definition) is 3. The summed E-state index contributed by atoms with van der Waals surface area (Å²) in [7, 11) is 0. The highest BCUT2D eigenvalue weighted by atomic mass is 16.5. The number of esters is 1. The molecule has 0 aromatic heterocycles. The first kappa shape index (κ1) is 11.5. The molecule has 3 fully saturated rings. The maximum atomic E-state index is 11.7. The molecule has 1 unspecified atom stereocenters. The minimum Gasteiger partial charge on any atom is -0.466 e. The zero-order chi connectivity index (χ0) is 11.9. The van der Waals surface area contributed by atoms with E-state index < -0.39 is 0 Å². The maximum Gasteiger partial charge on any atom is 0.308 e. The summed E-state index contributed by atoms with van der Waals surface area (Å²) in [6.45, 7) is 2.34. The molecule has 2 bridgehead atoms. The van der Waals surface area contributed by atoms with E-state index in [1.165, 1.54) is 38.5 Å². The van der Waals surface area contributed by atoms with Crippen molar-refractivity contribution in [3.05, 3.63) is 0 Å². The maximum absolute atomic E-state index is 11.7. The van der Waals surface area contributed by atoms with Gasteiger partial charge in [-0.05, 0) is 38.5 Å². The minimum absolute atomic E-state index is 0.0786. The molecule has 0 N–H and O–H groups in total. The van der Waals surface area contributed by atoms with Crippen molar-refractivity contribution in [3.8, 4) is 0 Å². The van der Waals surface area contributed by atoms with E-state index in [0.717, 1.165) is 5.92 Å². The number of hydrogen-bond donors (Lipinski definition) is 0. The fourth-order valence-corrected chi connectivity index (χ4v) is 4.52. The van der Waals surface area contributed by atoms with Gasteiger partial charge in [0.2, 0.25) is 0 Å². The van der Waals surface area contributed by atoms with Crippen LogP contribution in [0.4, 0.5) is 0 Å². The fraction of sp³-hybridized carbons (Fsp3) is 0.929. The minimum atomic E-state index is -0.0786. The van der Waals surface area contributed by atoms with E-state index in [-0.39, 0.29) is 12.1 Å². The molecular formula is C14H22O3. The summed E-state index contributed by atoms with van der Waals surface area (Å²) in [4.78, 5) is 11.7. The largest absolute Gasteiger partial charge is 0.466 e. The van der Waals surface area contributed by atoms with Gasteiger partial charge in [-0.2, -0.15) is 0 Å². The first-order chi connectivity index (χ1) is 8.26. The zero-order valence-corrected chi connectivity index (χ0v) is 10.6. The molecule has 96 valence electrons. The third kappa shape index (κ3) is 1.70. The van der Waals surface area contributed by atoms with Crippen LogP contribution in [0.5, 0.6) is 0 Å². The lowest BCUT2D eigenvalue weighted by molar-refractivity contribution is -0.147. The first-order valence-electron chi connectivity index (χ1n) is 7.07. The summed E-state index contributed by atoms with van der Waals surface area (Å²) in [5, 5.41) is 0. The molecule has 3 aliphatic rings. The summed E-state index contributed by atoms with van der Waals surface area (Å²) in [5.41, 5.74) is 0.329. The highest BCUT2D eigenvalue weighted by Gasteiger charge is 2.59. The van der Waals surface area contributed by atoms with Crippen molar-refractivity contribution in [2.24, 2.45) is 11.3 Å². The Morgan fingerprint density at radius 1 is 1.35 bits per heavy atom. The SMILES string of the molecule is CCOC(=O)CC1O[C@H]2CCC[C@@]13CCC[C@@H]23. The van der Waals surface area contributed by atoms with Crippen LogP contribution in [-0.2, 0) is 14.3 Å². The Balaban J connectivity index is 1.75. The molecule has 1 aliphatic heterocycles. The zero-order valence-electron chi connectivity index (χ0n) is 10.6. The molecule has 3 rings (SSSR count). The van der Waals surface area contributed by atoms with E-state index in [1.807, 2.05) is 6.92 Å². The van der Waals surface area contributed by atoms with Crippen LogP contribution >= 0.6 is 0 Å². The molecule has 0 aromatic rings. The Bertz CT molecular complexity index is 315. The third-order valence-electron chi connectivity index (χ3n) is 5.11. The van der Waals surface area contributed by atoms with Gasteiger partial charge in [0.1, 0.15) is 0 Å². The van der Waals surface area contributed by atoms with E-state index in [1.54, 1.807) is 0 Å². The molecule has 1 saturated heterocycles. The average molecular weight is 238 g/mol. The average Bonchev–Trinajstić information content (AvgIpc) is 2.77. The predicted octanol–water partition coefficient (Wildman–Crippen LogP) is 2.68. The van der Waals surface area contributed by atoms with Crippen molar-refractivity contribution >= 4 is 5.97 Å². The van der Waals surface area contributed by atoms with Crippen LogP contribution in [0.3, 0.4) is 0 Å². The summed E-state index contributed by atoms with van der Waals surface area (Å²) < 4.78 is 11.2. The third-order valence-corrected chi connectivity index (χ3v) is 5.11. The van der Waals surface area contributed by atoms with Crippen molar-refractivity contribution in [3.63, 3.8) is 0 Å². The lowest BCUT2D eigenvalue weighted by atomic mass is 9.66. The number of carbonyl (C=O) groups is 1. The molecule has 4 atom stereocenters. The predicted molar refractivity (Wildman–Crippen MR) is 63.5 cm³/mol. The highest BCUT2D eigenvalue weighted by Crippen LogP contribution is 2.61. The second-order valence-electron chi connectivity index (χ2n) is 5.80. The topological polar surface area (TPSA) is 35.5 Å². The summed E-state index contributed by atoms with van der Waals surface area (Å²) >= 11 is 0. The van der Waals surface area contributed by atoms with E-state index in [0.29, 0.717) is 24.5 Å². The molecule has 2 saturated carbocycles. The molecule has 0 spiro atoms. The van der Waals surface area contributed by atoms with E-state index in [2.05, 4.69) is 0 Å². The Labute approximate surface area is 103 Å². The van der Waals surface area contributed by atoms with Crippen LogP contribution in [0.25, 0.3) is 0 Å². The molecule has 3 heteroatoms. The lowest BCUT2D eigenvalue weighted by Gasteiger charge is -2.36. The summed E-state index contributed by atoms with van der Waals surface area (Å²) in [6.07, 6.45) is 8.68. The Morgan fingerprint density at radius 2 is 2.12 bits per heavy atom. The Morgan fingerprint density at radius 3 is 2.88 bits per heavy atom. The van der Waals surface area contributed by atoms with Crippen LogP contribution in [0.1, 0.15) is 51.9 Å². The number of ether oxygens (including phenoxy) is 2. The number of carbonyl (C=O) groups excluding carboxylic acids is 1. The van der Waals surface area contributed by atoms with E-state index in [9.17, 15) is 4.79 Å². The van der Waals surface area contributed by atoms with Gasteiger partial charge in [-0.1, -0.05) is 12.8 Å². The molecule has 2 aliphatic carbocycles. The van der Waals surface area contributed by atoms with Crippen LogP contribution in [-0.4, -0.2) is 24.8 Å². The monoisotopic (exact) mass is 238 g/mol. The van der Waals surface area contributed by atoms with E-state index in [4.69, 9.17) is 9.47 Å². The Kier molecular flexibility index (Phi) is 2.89. The van der Waals surface area contributed by atoms with Gasteiger partial charge in [0.15, 0.2) is 0 Å². The van der Waals surface area contributed by atoms with Crippen molar-refractivity contribution < 1.29 is 14.3 Å². The molecule has 1 heterocycles. The normalized spacial score (nSPS) is 43.5. The van der Waals surface area contributed by atoms with Crippen LogP contribution in [0.2, 0.25) is 0 Å². The van der Waals surface area contributed by atoms with Gasteiger partial charge in [0.05, 0.1) is 25.2 Å². The second kappa shape index (κ2) is 4.27. The van der Waals surface area contributed by atoms with Crippen molar-refractivity contribution in [1.82, 2.24) is 0 Å². The second-order valence-corrected chi connectivity index (χ2v) is 5.80. The van der Waals surface area contributed by atoms with Gasteiger partial charge in [-0.25, -0.2) is 0 Å². The first-order valence-corrected chi connectivity index (χ1v) is 7.07. The summed E-state index contributed by atoms with van der Waals surface area (Å²) in [5.74, 6) is 0.653. The quantitative estimate of drug-likeness (QED) is 0.709. The molecule has 0 amide bonds.